The van der Waals surface area contributed by atoms with Crippen molar-refractivity contribution in [3.63, 3.8) is 0 Å². The van der Waals surface area contributed by atoms with Crippen molar-refractivity contribution in [2.75, 3.05) is 32.1 Å². The first-order valence-corrected chi connectivity index (χ1v) is 10.6. The number of benzene rings is 2. The van der Waals surface area contributed by atoms with Gasteiger partial charge >= 0.3 is 0 Å². The van der Waals surface area contributed by atoms with Crippen molar-refractivity contribution in [1.82, 2.24) is 24.5 Å². The summed E-state index contributed by atoms with van der Waals surface area (Å²) in [5, 5.41) is 9.72. The van der Waals surface area contributed by atoms with Crippen LogP contribution >= 0.6 is 11.8 Å². The average Bonchev–Trinajstić information content (AvgIpc) is 3.22. The van der Waals surface area contributed by atoms with E-state index in [9.17, 15) is 9.18 Å². The number of ether oxygens (including phenoxy) is 1. The largest absolute Gasteiger partial charge is 0.378 e. The van der Waals surface area contributed by atoms with Crippen molar-refractivity contribution >= 4 is 34.2 Å². The van der Waals surface area contributed by atoms with Gasteiger partial charge in [-0.15, -0.1) is 10.2 Å². The lowest BCUT2D eigenvalue weighted by molar-refractivity contribution is -0.132. The molecule has 0 aliphatic carbocycles. The summed E-state index contributed by atoms with van der Waals surface area (Å²) in [5.74, 6) is 0.548. The second kappa shape index (κ2) is 8.00. The lowest BCUT2D eigenvalue weighted by Crippen LogP contribution is -2.41. The summed E-state index contributed by atoms with van der Waals surface area (Å²) in [7, 11) is 0. The number of hydrogen-bond acceptors (Lipinski definition) is 6. The van der Waals surface area contributed by atoms with E-state index in [1.807, 2.05) is 30.3 Å². The number of rotatable bonds is 4. The van der Waals surface area contributed by atoms with Crippen LogP contribution in [0.5, 0.6) is 0 Å². The Morgan fingerprint density at radius 3 is 2.70 bits per heavy atom. The van der Waals surface area contributed by atoms with Crippen LogP contribution in [0.3, 0.4) is 0 Å². The average molecular weight is 423 g/mol. The predicted molar refractivity (Wildman–Crippen MR) is 112 cm³/mol. The van der Waals surface area contributed by atoms with Crippen LogP contribution in [0.15, 0.2) is 53.7 Å². The van der Waals surface area contributed by atoms with Gasteiger partial charge in [0.15, 0.2) is 10.8 Å². The van der Waals surface area contributed by atoms with Gasteiger partial charge < -0.3 is 9.64 Å². The smallest absolute Gasteiger partial charge is 0.233 e. The van der Waals surface area contributed by atoms with Crippen molar-refractivity contribution in [3.05, 3.63) is 54.3 Å². The van der Waals surface area contributed by atoms with Crippen LogP contribution in [0, 0.1) is 5.82 Å². The van der Waals surface area contributed by atoms with Gasteiger partial charge in [0.1, 0.15) is 11.6 Å². The molecular weight excluding hydrogens is 405 g/mol. The van der Waals surface area contributed by atoms with Crippen molar-refractivity contribution in [2.45, 2.75) is 5.16 Å². The zero-order chi connectivity index (χ0) is 20.5. The normalized spacial score (nSPS) is 14.5. The molecule has 2 aromatic carbocycles. The van der Waals surface area contributed by atoms with Crippen LogP contribution in [0.4, 0.5) is 4.39 Å². The number of carbonyl (C=O) groups excluding carboxylic acids is 1. The molecule has 30 heavy (non-hydrogen) atoms. The Balaban J connectivity index is 1.58. The summed E-state index contributed by atoms with van der Waals surface area (Å²) in [5.41, 5.74) is 2.03. The SMILES string of the molecule is O=C(CSc1nnc2c3cc(F)ccc3nc(-c3ccccc3)n12)N1CCOCC1. The molecule has 7 nitrogen and oxygen atoms in total. The fraction of sp³-hybridized carbons (Fsp3) is 0.238. The molecule has 0 spiro atoms. The molecule has 0 atom stereocenters. The molecule has 1 aliphatic rings. The topological polar surface area (TPSA) is 72.6 Å². The first-order chi connectivity index (χ1) is 14.7. The summed E-state index contributed by atoms with van der Waals surface area (Å²) >= 11 is 1.30. The number of morpholine rings is 1. The Bertz CT molecular complexity index is 1220. The molecular formula is C21H18FN5O2S. The van der Waals surface area contributed by atoms with E-state index in [2.05, 4.69) is 10.2 Å². The van der Waals surface area contributed by atoms with E-state index < -0.39 is 0 Å². The number of halogens is 1. The summed E-state index contributed by atoms with van der Waals surface area (Å²) in [6.07, 6.45) is 0. The maximum Gasteiger partial charge on any atom is 0.233 e. The lowest BCUT2D eigenvalue weighted by Gasteiger charge is -2.26. The highest BCUT2D eigenvalue weighted by Crippen LogP contribution is 2.29. The van der Waals surface area contributed by atoms with Crippen LogP contribution in [0.2, 0.25) is 0 Å². The van der Waals surface area contributed by atoms with E-state index in [0.29, 0.717) is 53.8 Å². The summed E-state index contributed by atoms with van der Waals surface area (Å²) in [4.78, 5) is 19.1. The number of aromatic nitrogens is 4. The van der Waals surface area contributed by atoms with E-state index in [0.717, 1.165) is 5.56 Å². The first-order valence-electron chi connectivity index (χ1n) is 9.59. The Kier molecular flexibility index (Phi) is 5.06. The van der Waals surface area contributed by atoms with Gasteiger partial charge in [0, 0.05) is 24.0 Å². The standard InChI is InChI=1S/C21H18FN5O2S/c22-15-6-7-17-16(12-15)20-24-25-21(30-13-18(28)26-8-10-29-11-9-26)27(20)19(23-17)14-4-2-1-3-5-14/h1-7,12H,8-11,13H2. The third-order valence-corrected chi connectivity index (χ3v) is 5.91. The summed E-state index contributed by atoms with van der Waals surface area (Å²) < 4.78 is 21.0. The number of amides is 1. The molecule has 9 heteroatoms. The summed E-state index contributed by atoms with van der Waals surface area (Å²) in [6, 6.07) is 14.1. The van der Waals surface area contributed by atoms with Crippen molar-refractivity contribution in [3.8, 4) is 11.4 Å². The monoisotopic (exact) mass is 423 g/mol. The highest BCUT2D eigenvalue weighted by Gasteiger charge is 2.21. The van der Waals surface area contributed by atoms with Crippen LogP contribution in [-0.2, 0) is 9.53 Å². The molecule has 152 valence electrons. The van der Waals surface area contributed by atoms with Crippen LogP contribution in [0.1, 0.15) is 0 Å². The third kappa shape index (κ3) is 3.50. The van der Waals surface area contributed by atoms with E-state index in [4.69, 9.17) is 9.72 Å². The summed E-state index contributed by atoms with van der Waals surface area (Å²) in [6.45, 7) is 2.31. The van der Waals surface area contributed by atoms with Crippen LogP contribution in [0.25, 0.3) is 27.9 Å². The zero-order valence-electron chi connectivity index (χ0n) is 16.0. The Labute approximate surface area is 175 Å². The van der Waals surface area contributed by atoms with Crippen molar-refractivity contribution in [1.29, 1.82) is 0 Å². The molecule has 1 amide bonds. The second-order valence-corrected chi connectivity index (χ2v) is 7.83. The Hall–Kier alpha value is -3.04. The Morgan fingerprint density at radius 1 is 1.10 bits per heavy atom. The van der Waals surface area contributed by atoms with Gasteiger partial charge in [-0.2, -0.15) is 0 Å². The van der Waals surface area contributed by atoms with Gasteiger partial charge in [-0.05, 0) is 18.2 Å². The number of hydrogen-bond donors (Lipinski definition) is 0. The van der Waals surface area contributed by atoms with Crippen molar-refractivity contribution in [2.24, 2.45) is 0 Å². The fourth-order valence-corrected chi connectivity index (χ4v) is 4.32. The third-order valence-electron chi connectivity index (χ3n) is 4.99. The van der Waals surface area contributed by atoms with Gasteiger partial charge in [-0.25, -0.2) is 9.37 Å². The molecule has 1 aliphatic heterocycles. The number of fused-ring (bicyclic) bond motifs is 3. The molecule has 0 N–H and O–H groups in total. The van der Waals surface area contributed by atoms with Gasteiger partial charge in [-0.3, -0.25) is 9.20 Å². The minimum atomic E-state index is -0.363. The molecule has 5 rings (SSSR count). The molecule has 3 heterocycles. The molecule has 0 bridgehead atoms. The fourth-order valence-electron chi connectivity index (χ4n) is 3.49. The van der Waals surface area contributed by atoms with Crippen LogP contribution < -0.4 is 0 Å². The molecule has 4 aromatic rings. The van der Waals surface area contributed by atoms with Gasteiger partial charge in [0.05, 0.1) is 24.5 Å². The number of carbonyl (C=O) groups is 1. The van der Waals surface area contributed by atoms with Gasteiger partial charge in [-0.1, -0.05) is 42.1 Å². The van der Waals surface area contributed by atoms with E-state index >= 15 is 0 Å². The Morgan fingerprint density at radius 2 is 1.90 bits per heavy atom. The van der Waals surface area contributed by atoms with Gasteiger partial charge in [0.25, 0.3) is 0 Å². The maximum absolute atomic E-state index is 13.9. The molecule has 0 saturated carbocycles. The molecule has 0 unspecified atom stereocenters. The van der Waals surface area contributed by atoms with E-state index in [-0.39, 0.29) is 17.5 Å². The van der Waals surface area contributed by atoms with Crippen LogP contribution in [-0.4, -0.2) is 62.4 Å². The second-order valence-electron chi connectivity index (χ2n) is 6.89. The quantitative estimate of drug-likeness (QED) is 0.470. The maximum atomic E-state index is 13.9. The predicted octanol–water partition coefficient (Wildman–Crippen LogP) is 3.03. The minimum absolute atomic E-state index is 0.0288. The lowest BCUT2D eigenvalue weighted by atomic mass is 10.2. The number of thioether (sulfide) groups is 1. The highest BCUT2D eigenvalue weighted by atomic mass is 32.2. The first kappa shape index (κ1) is 19.0. The molecule has 1 saturated heterocycles. The van der Waals surface area contributed by atoms with E-state index in [1.165, 1.54) is 23.9 Å². The van der Waals surface area contributed by atoms with Gasteiger partial charge in [0.2, 0.25) is 5.91 Å². The molecule has 2 aromatic heterocycles. The van der Waals surface area contributed by atoms with E-state index in [1.54, 1.807) is 15.4 Å². The van der Waals surface area contributed by atoms with Crippen molar-refractivity contribution < 1.29 is 13.9 Å². The molecule has 0 radical (unpaired) electrons. The molecule has 1 fully saturated rings. The highest BCUT2D eigenvalue weighted by molar-refractivity contribution is 7.99. The minimum Gasteiger partial charge on any atom is -0.378 e. The zero-order valence-corrected chi connectivity index (χ0v) is 16.8. The number of nitrogens with zero attached hydrogens (tertiary/aromatic N) is 5.